The molecule has 0 fully saturated rings. The summed E-state index contributed by atoms with van der Waals surface area (Å²) in [6.07, 6.45) is 0.0422. The molecule has 0 aliphatic heterocycles. The molecule has 0 saturated carbocycles. The Morgan fingerprint density at radius 2 is 2.11 bits per heavy atom. The molecule has 2 rings (SSSR count). The first-order chi connectivity index (χ1) is 8.55. The Bertz CT molecular complexity index is 577. The lowest BCUT2D eigenvalue weighted by molar-refractivity contribution is -0.137. The minimum absolute atomic E-state index is 0.0944. The van der Waals surface area contributed by atoms with Gasteiger partial charge in [-0.25, -0.2) is 4.98 Å². The van der Waals surface area contributed by atoms with E-state index in [1.54, 1.807) is 23.1 Å². The van der Waals surface area contributed by atoms with Crippen LogP contribution in [-0.4, -0.2) is 14.8 Å². The third kappa shape index (κ3) is 3.10. The molecule has 6 heteroatoms. The second-order valence-electron chi connectivity index (χ2n) is 3.43. The van der Waals surface area contributed by atoms with E-state index in [1.165, 1.54) is 0 Å². The highest BCUT2D eigenvalue weighted by molar-refractivity contribution is 5.31. The summed E-state index contributed by atoms with van der Waals surface area (Å²) in [5.41, 5.74) is -0.655. The number of halogens is 3. The quantitative estimate of drug-likeness (QED) is 0.728. The standard InChI is InChI=1S/C12H8F3N3/c13-12(14,15)10-4-6-16-11(9-10)3-1-7-18-8-2-5-17-18/h2,4-6,8-9H,7H2. The lowest BCUT2D eigenvalue weighted by atomic mass is 10.2. The Labute approximate surface area is 101 Å². The van der Waals surface area contributed by atoms with E-state index in [2.05, 4.69) is 21.9 Å². The molecule has 2 aromatic rings. The zero-order valence-electron chi connectivity index (χ0n) is 9.15. The molecular formula is C12H8F3N3. The number of nitrogens with zero attached hydrogens (tertiary/aromatic N) is 3. The monoisotopic (exact) mass is 251 g/mol. The molecule has 0 saturated heterocycles. The molecule has 0 radical (unpaired) electrons. The topological polar surface area (TPSA) is 30.7 Å². The molecule has 0 N–H and O–H groups in total. The zero-order valence-corrected chi connectivity index (χ0v) is 9.15. The van der Waals surface area contributed by atoms with Crippen molar-refractivity contribution in [1.29, 1.82) is 0 Å². The third-order valence-electron chi connectivity index (χ3n) is 2.10. The molecule has 0 aromatic carbocycles. The maximum Gasteiger partial charge on any atom is 0.416 e. The maximum absolute atomic E-state index is 12.4. The number of hydrogen-bond acceptors (Lipinski definition) is 2. The van der Waals surface area contributed by atoms with Gasteiger partial charge in [-0.2, -0.15) is 18.3 Å². The average molecular weight is 251 g/mol. The number of hydrogen-bond donors (Lipinski definition) is 0. The number of rotatable bonds is 1. The van der Waals surface area contributed by atoms with Crippen molar-refractivity contribution in [1.82, 2.24) is 14.8 Å². The first-order valence-corrected chi connectivity index (χ1v) is 5.05. The van der Waals surface area contributed by atoms with E-state index >= 15 is 0 Å². The van der Waals surface area contributed by atoms with E-state index < -0.39 is 11.7 Å². The van der Waals surface area contributed by atoms with Gasteiger partial charge in [0.1, 0.15) is 12.2 Å². The molecular weight excluding hydrogens is 243 g/mol. The van der Waals surface area contributed by atoms with Crippen LogP contribution in [0.5, 0.6) is 0 Å². The van der Waals surface area contributed by atoms with Crippen LogP contribution in [0, 0.1) is 11.8 Å². The molecule has 0 bridgehead atoms. The van der Waals surface area contributed by atoms with E-state index in [0.29, 0.717) is 6.54 Å². The summed E-state index contributed by atoms with van der Waals surface area (Å²) in [6.45, 7) is 0.310. The van der Waals surface area contributed by atoms with Crippen LogP contribution in [0.15, 0.2) is 36.8 Å². The molecule has 18 heavy (non-hydrogen) atoms. The Balaban J connectivity index is 2.13. The van der Waals surface area contributed by atoms with Crippen molar-refractivity contribution in [2.45, 2.75) is 12.7 Å². The normalized spacial score (nSPS) is 10.8. The van der Waals surface area contributed by atoms with Gasteiger partial charge in [-0.15, -0.1) is 0 Å². The van der Waals surface area contributed by atoms with E-state index in [9.17, 15) is 13.2 Å². The molecule has 3 nitrogen and oxygen atoms in total. The van der Waals surface area contributed by atoms with Crippen molar-refractivity contribution in [3.63, 3.8) is 0 Å². The van der Waals surface area contributed by atoms with Crippen LogP contribution in [0.1, 0.15) is 11.3 Å². The lowest BCUT2D eigenvalue weighted by Crippen LogP contribution is -2.05. The van der Waals surface area contributed by atoms with Crippen molar-refractivity contribution in [2.24, 2.45) is 0 Å². The number of alkyl halides is 3. The van der Waals surface area contributed by atoms with Crippen molar-refractivity contribution < 1.29 is 13.2 Å². The summed E-state index contributed by atoms with van der Waals surface area (Å²) in [6, 6.07) is 3.58. The van der Waals surface area contributed by atoms with Crippen LogP contribution in [-0.2, 0) is 12.7 Å². The summed E-state index contributed by atoms with van der Waals surface area (Å²) in [4.78, 5) is 3.77. The molecule has 0 unspecified atom stereocenters. The molecule has 0 atom stereocenters. The molecule has 0 amide bonds. The van der Waals surface area contributed by atoms with Gasteiger partial charge in [0.2, 0.25) is 0 Å². The zero-order chi connectivity index (χ0) is 13.0. The summed E-state index contributed by atoms with van der Waals surface area (Å²) >= 11 is 0. The second kappa shape index (κ2) is 4.92. The van der Waals surface area contributed by atoms with Crippen LogP contribution in [0.25, 0.3) is 0 Å². The Hall–Kier alpha value is -2.29. The van der Waals surface area contributed by atoms with Gasteiger partial charge in [0.05, 0.1) is 5.56 Å². The van der Waals surface area contributed by atoms with Crippen molar-refractivity contribution in [3.8, 4) is 11.8 Å². The maximum atomic E-state index is 12.4. The summed E-state index contributed by atoms with van der Waals surface area (Å²) in [7, 11) is 0. The SMILES string of the molecule is FC(F)(F)c1ccnc(C#CCn2cccn2)c1. The fourth-order valence-corrected chi connectivity index (χ4v) is 1.28. The Morgan fingerprint density at radius 1 is 1.28 bits per heavy atom. The Morgan fingerprint density at radius 3 is 2.78 bits per heavy atom. The van der Waals surface area contributed by atoms with Gasteiger partial charge in [0, 0.05) is 18.6 Å². The van der Waals surface area contributed by atoms with Crippen LogP contribution in [0.4, 0.5) is 13.2 Å². The fourth-order valence-electron chi connectivity index (χ4n) is 1.28. The fraction of sp³-hybridized carbons (Fsp3) is 0.167. The highest BCUT2D eigenvalue weighted by atomic mass is 19.4. The van der Waals surface area contributed by atoms with Gasteiger partial charge < -0.3 is 0 Å². The number of aromatic nitrogens is 3. The number of pyridine rings is 1. The van der Waals surface area contributed by atoms with Crippen LogP contribution in [0.2, 0.25) is 0 Å². The van der Waals surface area contributed by atoms with Gasteiger partial charge in [-0.3, -0.25) is 4.68 Å². The molecule has 0 aliphatic carbocycles. The smallest absolute Gasteiger partial charge is 0.261 e. The predicted octanol–water partition coefficient (Wildman–Crippen LogP) is 2.35. The van der Waals surface area contributed by atoms with E-state index in [1.807, 2.05) is 0 Å². The van der Waals surface area contributed by atoms with E-state index in [4.69, 9.17) is 0 Å². The van der Waals surface area contributed by atoms with Crippen LogP contribution in [0.3, 0.4) is 0 Å². The van der Waals surface area contributed by atoms with Gasteiger partial charge >= 0.3 is 6.18 Å². The first kappa shape index (κ1) is 12.2. The largest absolute Gasteiger partial charge is 0.416 e. The summed E-state index contributed by atoms with van der Waals surface area (Å²) in [5, 5.41) is 3.92. The van der Waals surface area contributed by atoms with Crippen LogP contribution >= 0.6 is 0 Å². The molecule has 0 spiro atoms. The third-order valence-corrected chi connectivity index (χ3v) is 2.10. The summed E-state index contributed by atoms with van der Waals surface area (Å²) < 4.78 is 38.8. The summed E-state index contributed by atoms with van der Waals surface area (Å²) in [5.74, 6) is 5.28. The van der Waals surface area contributed by atoms with Gasteiger partial charge in [0.25, 0.3) is 0 Å². The van der Waals surface area contributed by atoms with Gasteiger partial charge in [0.15, 0.2) is 0 Å². The average Bonchev–Trinajstić information content (AvgIpc) is 2.81. The first-order valence-electron chi connectivity index (χ1n) is 5.05. The van der Waals surface area contributed by atoms with E-state index in [0.717, 1.165) is 18.3 Å². The van der Waals surface area contributed by atoms with Crippen molar-refractivity contribution in [3.05, 3.63) is 48.0 Å². The predicted molar refractivity (Wildman–Crippen MR) is 58.3 cm³/mol. The van der Waals surface area contributed by atoms with Crippen molar-refractivity contribution in [2.75, 3.05) is 0 Å². The second-order valence-corrected chi connectivity index (χ2v) is 3.43. The molecule has 2 heterocycles. The highest BCUT2D eigenvalue weighted by Crippen LogP contribution is 2.28. The highest BCUT2D eigenvalue weighted by Gasteiger charge is 2.30. The minimum atomic E-state index is -4.37. The minimum Gasteiger partial charge on any atom is -0.261 e. The molecule has 92 valence electrons. The molecule has 2 aromatic heterocycles. The lowest BCUT2D eigenvalue weighted by Gasteiger charge is -2.05. The van der Waals surface area contributed by atoms with Gasteiger partial charge in [-0.1, -0.05) is 5.92 Å². The Kier molecular flexibility index (Phi) is 3.33. The van der Waals surface area contributed by atoms with Crippen LogP contribution < -0.4 is 0 Å². The van der Waals surface area contributed by atoms with E-state index in [-0.39, 0.29) is 5.69 Å². The van der Waals surface area contributed by atoms with Crippen molar-refractivity contribution >= 4 is 0 Å². The molecule has 0 aliphatic rings. The van der Waals surface area contributed by atoms with Gasteiger partial charge in [-0.05, 0) is 24.1 Å².